The maximum atomic E-state index is 12.0. The van der Waals surface area contributed by atoms with Gasteiger partial charge in [-0.3, -0.25) is 4.79 Å². The van der Waals surface area contributed by atoms with Gasteiger partial charge in [0.15, 0.2) is 10.1 Å². The molecule has 0 atom stereocenters. The molecule has 0 bridgehead atoms. The number of thioether (sulfide) groups is 1. The number of aromatic nitrogens is 2. The second-order valence-electron chi connectivity index (χ2n) is 4.46. The zero-order valence-electron chi connectivity index (χ0n) is 11.1. The first-order valence-corrected chi connectivity index (χ1v) is 9.44. The number of hydrogen-bond donors (Lipinski definition) is 1. The van der Waals surface area contributed by atoms with Crippen molar-refractivity contribution >= 4 is 61.3 Å². The van der Waals surface area contributed by atoms with E-state index in [1.165, 1.54) is 34.4 Å². The van der Waals surface area contributed by atoms with Crippen LogP contribution in [0, 0.1) is 5.92 Å². The lowest BCUT2D eigenvalue weighted by atomic mass is 10.2. The molecule has 0 saturated heterocycles. The molecule has 2 heterocycles. The summed E-state index contributed by atoms with van der Waals surface area (Å²) in [6, 6.07) is 3.73. The third-order valence-electron chi connectivity index (χ3n) is 2.24. The largest absolute Gasteiger partial charge is 0.360 e. The first kappa shape index (κ1) is 15.9. The Morgan fingerprint density at radius 3 is 2.85 bits per heavy atom. The van der Waals surface area contributed by atoms with E-state index in [1.807, 2.05) is 12.1 Å². The molecule has 0 radical (unpaired) electrons. The quantitative estimate of drug-likeness (QED) is 0.559. The molecule has 2 rings (SSSR count). The third kappa shape index (κ3) is 4.83. The number of anilines is 1. The van der Waals surface area contributed by atoms with Crippen molar-refractivity contribution in [3.63, 3.8) is 0 Å². The van der Waals surface area contributed by atoms with Gasteiger partial charge in [0, 0.05) is 6.54 Å². The number of nitrogens with zero attached hydrogens (tertiary/aromatic N) is 2. The summed E-state index contributed by atoms with van der Waals surface area (Å²) in [5, 5.41) is 12.2. The van der Waals surface area contributed by atoms with E-state index in [4.69, 9.17) is 0 Å². The van der Waals surface area contributed by atoms with Crippen molar-refractivity contribution in [1.29, 1.82) is 0 Å². The van der Waals surface area contributed by atoms with Crippen molar-refractivity contribution in [3.8, 4) is 0 Å². The first-order valence-electron chi connectivity index (χ1n) is 6.03. The van der Waals surface area contributed by atoms with Gasteiger partial charge < -0.3 is 5.32 Å². The van der Waals surface area contributed by atoms with Gasteiger partial charge in [-0.25, -0.2) is 0 Å². The number of carbonyl (C=O) groups excluding carboxylic acids is 1. The molecule has 2 aromatic heterocycles. The van der Waals surface area contributed by atoms with E-state index in [2.05, 4.69) is 45.3 Å². The highest BCUT2D eigenvalue weighted by Crippen LogP contribution is 2.28. The van der Waals surface area contributed by atoms with Crippen LogP contribution in [0.25, 0.3) is 0 Å². The lowest BCUT2D eigenvalue weighted by Crippen LogP contribution is -2.07. The minimum Gasteiger partial charge on any atom is -0.360 e. The molecule has 0 aromatic carbocycles. The number of hydrogen-bond acceptors (Lipinski definition) is 7. The normalized spacial score (nSPS) is 11.0. The molecule has 0 fully saturated rings. The van der Waals surface area contributed by atoms with Crippen molar-refractivity contribution < 1.29 is 4.79 Å². The smallest absolute Gasteiger partial charge is 0.206 e. The summed E-state index contributed by atoms with van der Waals surface area (Å²) in [6.45, 7) is 5.16. The highest BCUT2D eigenvalue weighted by atomic mass is 79.9. The van der Waals surface area contributed by atoms with Crippen molar-refractivity contribution in [2.45, 2.75) is 18.2 Å². The second kappa shape index (κ2) is 7.53. The van der Waals surface area contributed by atoms with Crippen molar-refractivity contribution in [2.75, 3.05) is 17.6 Å². The Kier molecular flexibility index (Phi) is 6.01. The molecule has 20 heavy (non-hydrogen) atoms. The van der Waals surface area contributed by atoms with Crippen molar-refractivity contribution in [3.05, 3.63) is 20.8 Å². The molecule has 1 N–H and O–H groups in total. The van der Waals surface area contributed by atoms with E-state index in [0.717, 1.165) is 24.7 Å². The molecule has 0 saturated carbocycles. The molecule has 0 aliphatic rings. The van der Waals surface area contributed by atoms with Crippen molar-refractivity contribution in [2.24, 2.45) is 5.92 Å². The van der Waals surface area contributed by atoms with Gasteiger partial charge in [0.2, 0.25) is 5.13 Å². The summed E-state index contributed by atoms with van der Waals surface area (Å²) in [5.74, 6) is 1.08. The number of carbonyl (C=O) groups is 1. The zero-order valence-corrected chi connectivity index (χ0v) is 15.1. The molecule has 8 heteroatoms. The fraction of sp³-hybridized carbons (Fsp3) is 0.417. The van der Waals surface area contributed by atoms with E-state index in [9.17, 15) is 4.79 Å². The fourth-order valence-corrected chi connectivity index (χ4v) is 4.35. The van der Waals surface area contributed by atoms with Crippen LogP contribution in [0.5, 0.6) is 0 Å². The SMILES string of the molecule is CC(C)CNc1nnc(SCC(=O)c2ccc(Br)s2)s1. The van der Waals surface area contributed by atoms with Gasteiger partial charge in [-0.2, -0.15) is 0 Å². The highest BCUT2D eigenvalue weighted by Gasteiger charge is 2.11. The molecular weight excluding hydrogens is 378 g/mol. The van der Waals surface area contributed by atoms with Crippen molar-refractivity contribution in [1.82, 2.24) is 10.2 Å². The molecule has 0 unspecified atom stereocenters. The second-order valence-corrected chi connectivity index (χ2v) is 9.13. The average Bonchev–Trinajstić information content (AvgIpc) is 3.02. The van der Waals surface area contributed by atoms with E-state index >= 15 is 0 Å². The van der Waals surface area contributed by atoms with E-state index in [1.54, 1.807) is 0 Å². The van der Waals surface area contributed by atoms with Gasteiger partial charge in [-0.15, -0.1) is 21.5 Å². The van der Waals surface area contributed by atoms with Crippen LogP contribution >= 0.6 is 50.4 Å². The van der Waals surface area contributed by atoms with E-state index < -0.39 is 0 Å². The van der Waals surface area contributed by atoms with Crippen LogP contribution in [0.2, 0.25) is 0 Å². The predicted octanol–water partition coefficient (Wildman–Crippen LogP) is 4.41. The van der Waals surface area contributed by atoms with Crippen LogP contribution in [-0.4, -0.2) is 28.3 Å². The Morgan fingerprint density at radius 2 is 2.20 bits per heavy atom. The average molecular weight is 392 g/mol. The minimum absolute atomic E-state index is 0.123. The molecule has 0 aliphatic heterocycles. The molecule has 0 spiro atoms. The number of ketones is 1. The summed E-state index contributed by atoms with van der Waals surface area (Å²) in [6.07, 6.45) is 0. The maximum absolute atomic E-state index is 12.0. The summed E-state index contributed by atoms with van der Waals surface area (Å²) >= 11 is 7.74. The summed E-state index contributed by atoms with van der Waals surface area (Å²) < 4.78 is 1.79. The molecule has 0 amide bonds. The summed E-state index contributed by atoms with van der Waals surface area (Å²) in [7, 11) is 0. The number of nitrogens with one attached hydrogen (secondary N) is 1. The van der Waals surface area contributed by atoms with Gasteiger partial charge in [-0.1, -0.05) is 36.9 Å². The van der Waals surface area contributed by atoms with Crippen LogP contribution in [0.1, 0.15) is 23.5 Å². The van der Waals surface area contributed by atoms with Gasteiger partial charge in [0.1, 0.15) is 0 Å². The Bertz CT molecular complexity index is 582. The van der Waals surface area contributed by atoms with Gasteiger partial charge in [0.25, 0.3) is 0 Å². The molecule has 0 aliphatic carbocycles. The van der Waals surface area contributed by atoms with Gasteiger partial charge in [-0.05, 0) is 34.0 Å². The van der Waals surface area contributed by atoms with Gasteiger partial charge in [0.05, 0.1) is 14.4 Å². The Morgan fingerprint density at radius 1 is 1.40 bits per heavy atom. The summed E-state index contributed by atoms with van der Waals surface area (Å²) in [4.78, 5) is 12.7. The number of rotatable bonds is 7. The predicted molar refractivity (Wildman–Crippen MR) is 90.3 cm³/mol. The molecular formula is C12H14BrN3OS3. The Labute approximate surface area is 138 Å². The highest BCUT2D eigenvalue weighted by molar-refractivity contribution is 9.11. The third-order valence-corrected chi connectivity index (χ3v) is 5.92. The monoisotopic (exact) mass is 391 g/mol. The zero-order chi connectivity index (χ0) is 14.5. The maximum Gasteiger partial charge on any atom is 0.206 e. The Balaban J connectivity index is 1.83. The Hall–Kier alpha value is -0.440. The number of halogens is 1. The lowest BCUT2D eigenvalue weighted by Gasteiger charge is -2.03. The van der Waals surface area contributed by atoms with E-state index in [-0.39, 0.29) is 5.78 Å². The van der Waals surface area contributed by atoms with E-state index in [0.29, 0.717) is 11.7 Å². The molecule has 4 nitrogen and oxygen atoms in total. The van der Waals surface area contributed by atoms with Gasteiger partial charge >= 0.3 is 0 Å². The van der Waals surface area contributed by atoms with Crippen LogP contribution in [0.3, 0.4) is 0 Å². The fourth-order valence-electron chi connectivity index (χ4n) is 1.29. The van der Waals surface area contributed by atoms with Crippen LogP contribution in [0.15, 0.2) is 20.3 Å². The number of Topliss-reactive ketones (excluding diaryl/α,β-unsaturated/α-hetero) is 1. The van der Waals surface area contributed by atoms with Crippen LogP contribution in [0.4, 0.5) is 5.13 Å². The summed E-state index contributed by atoms with van der Waals surface area (Å²) in [5.41, 5.74) is 0. The standard InChI is InChI=1S/C12H14BrN3OS3/c1-7(2)5-14-11-15-16-12(20-11)18-6-8(17)9-3-4-10(13)19-9/h3-4,7H,5-6H2,1-2H3,(H,14,15). The minimum atomic E-state index is 0.123. The number of thiophene rings is 1. The lowest BCUT2D eigenvalue weighted by molar-refractivity contribution is 0.102. The van der Waals surface area contributed by atoms with Crippen LogP contribution in [-0.2, 0) is 0 Å². The molecule has 108 valence electrons. The first-order chi connectivity index (χ1) is 9.54. The topological polar surface area (TPSA) is 54.9 Å². The molecule has 2 aromatic rings. The van der Waals surface area contributed by atoms with Crippen LogP contribution < -0.4 is 5.32 Å².